The predicted octanol–water partition coefficient (Wildman–Crippen LogP) is 2.52. The fourth-order valence-corrected chi connectivity index (χ4v) is 4.18. The van der Waals surface area contributed by atoms with Crippen molar-refractivity contribution >= 4 is 17.3 Å². The van der Waals surface area contributed by atoms with Crippen molar-refractivity contribution in [1.82, 2.24) is 14.2 Å². The van der Waals surface area contributed by atoms with Gasteiger partial charge in [-0.3, -0.25) is 4.79 Å². The molecule has 5 heteroatoms. The van der Waals surface area contributed by atoms with Crippen LogP contribution in [-0.2, 0) is 13.0 Å². The lowest BCUT2D eigenvalue weighted by atomic mass is 10.1. The monoisotopic (exact) mass is 297 g/mol. The van der Waals surface area contributed by atoms with Crippen LogP contribution in [-0.4, -0.2) is 19.4 Å². The van der Waals surface area contributed by atoms with Crippen LogP contribution < -0.4 is 5.56 Å². The van der Waals surface area contributed by atoms with Gasteiger partial charge in [-0.25, -0.2) is 4.52 Å². The summed E-state index contributed by atoms with van der Waals surface area (Å²) in [5.74, 6) is 0. The second kappa shape index (κ2) is 4.77. The third kappa shape index (κ3) is 2.17. The first-order chi connectivity index (χ1) is 10.2. The molecular formula is C16H15N3OS. The fraction of sp³-hybridized carbons (Fsp3) is 0.250. The molecule has 1 atom stereocenters. The van der Waals surface area contributed by atoms with E-state index < -0.39 is 0 Å². The van der Waals surface area contributed by atoms with Crippen LogP contribution >= 0.6 is 11.8 Å². The van der Waals surface area contributed by atoms with Crippen molar-refractivity contribution in [2.45, 2.75) is 30.0 Å². The molecule has 0 spiro atoms. The number of hydrogen-bond donors (Lipinski definition) is 0. The van der Waals surface area contributed by atoms with Gasteiger partial charge in [-0.1, -0.05) is 18.2 Å². The highest BCUT2D eigenvalue weighted by Crippen LogP contribution is 2.37. The smallest absolute Gasteiger partial charge is 0.276 e. The molecule has 4 rings (SSSR count). The third-order valence-corrected chi connectivity index (χ3v) is 5.14. The van der Waals surface area contributed by atoms with Crippen LogP contribution in [0.15, 0.2) is 52.4 Å². The molecule has 21 heavy (non-hydrogen) atoms. The average Bonchev–Trinajstić information content (AvgIpc) is 3.04. The molecule has 0 fully saturated rings. The fourth-order valence-electron chi connectivity index (χ4n) is 2.87. The molecule has 1 unspecified atom stereocenters. The van der Waals surface area contributed by atoms with Gasteiger partial charge in [-0.15, -0.1) is 11.8 Å². The lowest BCUT2D eigenvalue weighted by molar-refractivity contribution is 0.636. The van der Waals surface area contributed by atoms with E-state index in [9.17, 15) is 4.79 Å². The second-order valence-electron chi connectivity index (χ2n) is 5.42. The maximum Gasteiger partial charge on any atom is 0.276 e. The number of fused-ring (bicyclic) bond motifs is 2. The summed E-state index contributed by atoms with van der Waals surface area (Å²) in [6.45, 7) is 2.64. The molecule has 106 valence electrons. The summed E-state index contributed by atoms with van der Waals surface area (Å²) in [4.78, 5) is 13.8. The summed E-state index contributed by atoms with van der Waals surface area (Å²) in [6.07, 6.45) is 4.72. The molecule has 1 aliphatic rings. The maximum atomic E-state index is 12.5. The zero-order chi connectivity index (χ0) is 14.4. The Morgan fingerprint density at radius 1 is 1.33 bits per heavy atom. The molecule has 3 aromatic rings. The van der Waals surface area contributed by atoms with Gasteiger partial charge in [0, 0.05) is 29.1 Å². The standard InChI is InChI=1S/C16H15N3OS/c1-11-8-14-16(20)18(6-7-19(14)17-11)10-13-9-12-4-2-3-5-15(12)21-13/h2-8,13H,9-10H2,1H3. The Morgan fingerprint density at radius 2 is 2.19 bits per heavy atom. The average molecular weight is 297 g/mol. The van der Waals surface area contributed by atoms with Gasteiger partial charge in [0.15, 0.2) is 0 Å². The number of thioether (sulfide) groups is 1. The second-order valence-corrected chi connectivity index (χ2v) is 6.77. The highest BCUT2D eigenvalue weighted by Gasteiger charge is 2.22. The highest BCUT2D eigenvalue weighted by molar-refractivity contribution is 8.00. The zero-order valence-electron chi connectivity index (χ0n) is 11.7. The van der Waals surface area contributed by atoms with Crippen molar-refractivity contribution in [3.05, 3.63) is 64.3 Å². The first-order valence-electron chi connectivity index (χ1n) is 7.01. The Bertz CT molecular complexity index is 856. The Morgan fingerprint density at radius 3 is 3.05 bits per heavy atom. The Balaban J connectivity index is 1.64. The predicted molar refractivity (Wildman–Crippen MR) is 84.0 cm³/mol. The topological polar surface area (TPSA) is 39.3 Å². The number of rotatable bonds is 2. The number of aryl methyl sites for hydroxylation is 1. The van der Waals surface area contributed by atoms with Crippen LogP contribution in [0.5, 0.6) is 0 Å². The molecule has 0 saturated heterocycles. The molecule has 3 heterocycles. The molecule has 1 aromatic carbocycles. The van der Waals surface area contributed by atoms with Crippen LogP contribution in [0.4, 0.5) is 0 Å². The van der Waals surface area contributed by atoms with Crippen LogP contribution in [0.3, 0.4) is 0 Å². The van der Waals surface area contributed by atoms with Crippen molar-refractivity contribution in [2.75, 3.05) is 0 Å². The maximum absolute atomic E-state index is 12.5. The van der Waals surface area contributed by atoms with Gasteiger partial charge < -0.3 is 4.57 Å². The minimum absolute atomic E-state index is 0.0367. The van der Waals surface area contributed by atoms with Gasteiger partial charge in [0.25, 0.3) is 5.56 Å². The molecule has 2 aromatic heterocycles. The SMILES string of the molecule is Cc1cc2c(=O)n(CC3Cc4ccccc4S3)ccn2n1. The summed E-state index contributed by atoms with van der Waals surface area (Å²) in [6, 6.07) is 10.3. The number of aromatic nitrogens is 3. The van der Waals surface area contributed by atoms with Gasteiger partial charge in [0.05, 0.1) is 5.69 Å². The molecule has 0 saturated carbocycles. The van der Waals surface area contributed by atoms with E-state index in [4.69, 9.17) is 0 Å². The minimum Gasteiger partial charge on any atom is -0.311 e. The first-order valence-corrected chi connectivity index (χ1v) is 7.89. The molecule has 4 nitrogen and oxygen atoms in total. The van der Waals surface area contributed by atoms with E-state index in [0.29, 0.717) is 10.8 Å². The number of hydrogen-bond acceptors (Lipinski definition) is 3. The summed E-state index contributed by atoms with van der Waals surface area (Å²) < 4.78 is 3.46. The first kappa shape index (κ1) is 12.7. The quantitative estimate of drug-likeness (QED) is 0.729. The van der Waals surface area contributed by atoms with Crippen molar-refractivity contribution in [3.63, 3.8) is 0 Å². The van der Waals surface area contributed by atoms with Gasteiger partial charge >= 0.3 is 0 Å². The summed E-state index contributed by atoms with van der Waals surface area (Å²) in [5, 5.41) is 4.70. The lowest BCUT2D eigenvalue weighted by Gasteiger charge is -2.11. The zero-order valence-corrected chi connectivity index (χ0v) is 12.5. The van der Waals surface area contributed by atoms with Crippen molar-refractivity contribution in [2.24, 2.45) is 0 Å². The van der Waals surface area contributed by atoms with E-state index in [-0.39, 0.29) is 5.56 Å². The third-order valence-electron chi connectivity index (χ3n) is 3.84. The molecule has 0 bridgehead atoms. The lowest BCUT2D eigenvalue weighted by Crippen LogP contribution is -2.25. The molecule has 0 aliphatic carbocycles. The van der Waals surface area contributed by atoms with E-state index in [1.165, 1.54) is 10.5 Å². The van der Waals surface area contributed by atoms with Gasteiger partial charge in [0.1, 0.15) is 5.52 Å². The number of benzene rings is 1. The van der Waals surface area contributed by atoms with Crippen LogP contribution in [0.25, 0.3) is 5.52 Å². The molecule has 0 radical (unpaired) electrons. The largest absolute Gasteiger partial charge is 0.311 e. The molecule has 1 aliphatic heterocycles. The van der Waals surface area contributed by atoms with Gasteiger partial charge in [0.2, 0.25) is 0 Å². The normalized spacial score (nSPS) is 17.3. The molecule has 0 N–H and O–H groups in total. The van der Waals surface area contributed by atoms with Gasteiger partial charge in [-0.2, -0.15) is 5.10 Å². The van der Waals surface area contributed by atoms with E-state index in [1.807, 2.05) is 37.1 Å². The summed E-state index contributed by atoms with van der Waals surface area (Å²) >= 11 is 1.87. The van der Waals surface area contributed by atoms with Gasteiger partial charge in [-0.05, 0) is 31.0 Å². The van der Waals surface area contributed by atoms with E-state index in [1.54, 1.807) is 9.08 Å². The summed E-state index contributed by atoms with van der Waals surface area (Å²) in [5.41, 5.74) is 2.94. The molecular weight excluding hydrogens is 282 g/mol. The van der Waals surface area contributed by atoms with E-state index in [0.717, 1.165) is 18.7 Å². The van der Waals surface area contributed by atoms with Crippen molar-refractivity contribution in [3.8, 4) is 0 Å². The highest BCUT2D eigenvalue weighted by atomic mass is 32.2. The van der Waals surface area contributed by atoms with E-state index >= 15 is 0 Å². The van der Waals surface area contributed by atoms with Crippen LogP contribution in [0.2, 0.25) is 0 Å². The summed E-state index contributed by atoms with van der Waals surface area (Å²) in [7, 11) is 0. The van der Waals surface area contributed by atoms with Crippen molar-refractivity contribution < 1.29 is 0 Å². The van der Waals surface area contributed by atoms with Crippen molar-refractivity contribution in [1.29, 1.82) is 0 Å². The van der Waals surface area contributed by atoms with E-state index in [2.05, 4.69) is 29.4 Å². The minimum atomic E-state index is 0.0367. The Kier molecular flexibility index (Phi) is 2.89. The van der Waals surface area contributed by atoms with Crippen LogP contribution in [0, 0.1) is 6.92 Å². The molecule has 0 amide bonds. The number of nitrogens with zero attached hydrogens (tertiary/aromatic N) is 3. The Labute approximate surface area is 126 Å². The van der Waals surface area contributed by atoms with Crippen LogP contribution in [0.1, 0.15) is 11.3 Å². The Hall–Kier alpha value is -2.01.